The van der Waals surface area contributed by atoms with Crippen molar-refractivity contribution in [2.75, 3.05) is 26.2 Å². The molecule has 0 unspecified atom stereocenters. The van der Waals surface area contributed by atoms with E-state index in [1.165, 1.54) is 0 Å². The number of piperazine rings is 1. The molecular weight excluding hydrogens is 236 g/mol. The van der Waals surface area contributed by atoms with Crippen LogP contribution in [0.1, 0.15) is 37.4 Å². The first-order valence-corrected chi connectivity index (χ1v) is 7.32. The van der Waals surface area contributed by atoms with Gasteiger partial charge in [0.25, 0.3) is 0 Å². The van der Waals surface area contributed by atoms with Gasteiger partial charge < -0.3 is 10.4 Å². The van der Waals surface area contributed by atoms with Crippen molar-refractivity contribution in [3.8, 4) is 5.75 Å². The first kappa shape index (κ1) is 14.4. The molecule has 1 fully saturated rings. The standard InChI is InChI=1S/C16H26N2O/c1-12(2)10-15(18-8-6-17-7-9-18)14-5-4-13(3)11-16(14)19/h4-5,11-12,15,17,19H,6-10H2,1-3H3/t15-/m1/s1. The smallest absolute Gasteiger partial charge is 0.120 e. The largest absolute Gasteiger partial charge is 0.508 e. The van der Waals surface area contributed by atoms with Crippen LogP contribution in [0.4, 0.5) is 0 Å². The molecule has 1 atom stereocenters. The zero-order chi connectivity index (χ0) is 13.8. The SMILES string of the molecule is Cc1ccc([C@@H](CC(C)C)N2CCNCC2)c(O)c1. The average Bonchev–Trinajstić information content (AvgIpc) is 2.37. The predicted octanol–water partition coefficient (Wildman–Crippen LogP) is 2.69. The van der Waals surface area contributed by atoms with E-state index in [-0.39, 0.29) is 0 Å². The summed E-state index contributed by atoms with van der Waals surface area (Å²) < 4.78 is 0. The van der Waals surface area contributed by atoms with Crippen molar-refractivity contribution >= 4 is 0 Å². The molecule has 2 N–H and O–H groups in total. The fourth-order valence-electron chi connectivity index (χ4n) is 2.85. The highest BCUT2D eigenvalue weighted by molar-refractivity contribution is 5.38. The van der Waals surface area contributed by atoms with Crippen molar-refractivity contribution < 1.29 is 5.11 Å². The molecule has 0 amide bonds. The summed E-state index contributed by atoms with van der Waals surface area (Å²) in [7, 11) is 0. The molecule has 0 aliphatic carbocycles. The summed E-state index contributed by atoms with van der Waals surface area (Å²) >= 11 is 0. The zero-order valence-electron chi connectivity index (χ0n) is 12.3. The summed E-state index contributed by atoms with van der Waals surface area (Å²) in [5.74, 6) is 1.07. The van der Waals surface area contributed by atoms with E-state index >= 15 is 0 Å². The quantitative estimate of drug-likeness (QED) is 0.876. The maximum Gasteiger partial charge on any atom is 0.120 e. The van der Waals surface area contributed by atoms with Crippen molar-refractivity contribution in [2.45, 2.75) is 33.2 Å². The van der Waals surface area contributed by atoms with E-state index in [1.54, 1.807) is 0 Å². The molecule has 106 valence electrons. The summed E-state index contributed by atoms with van der Waals surface area (Å²) in [5.41, 5.74) is 2.20. The second kappa shape index (κ2) is 6.40. The lowest BCUT2D eigenvalue weighted by molar-refractivity contribution is 0.151. The van der Waals surface area contributed by atoms with Crippen molar-refractivity contribution in [1.29, 1.82) is 0 Å². The molecule has 1 aliphatic heterocycles. The number of benzene rings is 1. The molecule has 2 rings (SSSR count). The number of nitrogens with zero attached hydrogens (tertiary/aromatic N) is 1. The van der Waals surface area contributed by atoms with Gasteiger partial charge in [0.05, 0.1) is 0 Å². The van der Waals surface area contributed by atoms with Gasteiger partial charge in [0.1, 0.15) is 5.75 Å². The Morgan fingerprint density at radius 2 is 1.95 bits per heavy atom. The summed E-state index contributed by atoms with van der Waals surface area (Å²) in [4.78, 5) is 2.50. The van der Waals surface area contributed by atoms with Crippen LogP contribution in [0.25, 0.3) is 0 Å². The van der Waals surface area contributed by atoms with E-state index in [0.29, 0.717) is 17.7 Å². The topological polar surface area (TPSA) is 35.5 Å². The van der Waals surface area contributed by atoms with Gasteiger partial charge in [0.2, 0.25) is 0 Å². The molecular formula is C16H26N2O. The van der Waals surface area contributed by atoms with Gasteiger partial charge in [-0.25, -0.2) is 0 Å². The van der Waals surface area contributed by atoms with Crippen molar-refractivity contribution in [2.24, 2.45) is 5.92 Å². The minimum Gasteiger partial charge on any atom is -0.508 e. The molecule has 3 heteroatoms. The van der Waals surface area contributed by atoms with Crippen LogP contribution >= 0.6 is 0 Å². The second-order valence-corrected chi connectivity index (χ2v) is 5.99. The van der Waals surface area contributed by atoms with E-state index in [9.17, 15) is 5.11 Å². The Balaban J connectivity index is 2.25. The van der Waals surface area contributed by atoms with Gasteiger partial charge in [0.15, 0.2) is 0 Å². The number of hydrogen-bond acceptors (Lipinski definition) is 3. The number of nitrogens with one attached hydrogen (secondary N) is 1. The molecule has 1 saturated heterocycles. The molecule has 1 heterocycles. The van der Waals surface area contributed by atoms with Crippen molar-refractivity contribution in [3.05, 3.63) is 29.3 Å². The van der Waals surface area contributed by atoms with E-state index in [2.05, 4.69) is 36.2 Å². The Morgan fingerprint density at radius 1 is 1.26 bits per heavy atom. The molecule has 0 aromatic heterocycles. The molecule has 1 aliphatic rings. The highest BCUT2D eigenvalue weighted by Crippen LogP contribution is 2.34. The highest BCUT2D eigenvalue weighted by atomic mass is 16.3. The van der Waals surface area contributed by atoms with Crippen LogP contribution in [0.3, 0.4) is 0 Å². The average molecular weight is 262 g/mol. The van der Waals surface area contributed by atoms with Gasteiger partial charge >= 0.3 is 0 Å². The Kier molecular flexibility index (Phi) is 4.83. The van der Waals surface area contributed by atoms with Crippen LogP contribution in [0.5, 0.6) is 5.75 Å². The van der Waals surface area contributed by atoms with Crippen molar-refractivity contribution in [3.63, 3.8) is 0 Å². The van der Waals surface area contributed by atoms with Crippen LogP contribution in [0.15, 0.2) is 18.2 Å². The van der Waals surface area contributed by atoms with Crippen LogP contribution in [-0.2, 0) is 0 Å². The molecule has 1 aromatic carbocycles. The summed E-state index contributed by atoms with van der Waals surface area (Å²) in [6.45, 7) is 10.7. The van der Waals surface area contributed by atoms with Gasteiger partial charge in [0, 0.05) is 37.8 Å². The van der Waals surface area contributed by atoms with Crippen LogP contribution in [-0.4, -0.2) is 36.2 Å². The van der Waals surface area contributed by atoms with Crippen molar-refractivity contribution in [1.82, 2.24) is 10.2 Å². The number of phenols is 1. The molecule has 3 nitrogen and oxygen atoms in total. The minimum absolute atomic E-state index is 0.336. The highest BCUT2D eigenvalue weighted by Gasteiger charge is 2.25. The van der Waals surface area contributed by atoms with E-state index < -0.39 is 0 Å². The molecule has 0 saturated carbocycles. The van der Waals surface area contributed by atoms with Crippen LogP contribution < -0.4 is 5.32 Å². The third kappa shape index (κ3) is 3.71. The maximum absolute atomic E-state index is 10.3. The summed E-state index contributed by atoms with van der Waals surface area (Å²) in [6.07, 6.45) is 1.09. The van der Waals surface area contributed by atoms with Gasteiger partial charge in [-0.05, 0) is 30.9 Å². The third-order valence-electron chi connectivity index (χ3n) is 3.83. The fraction of sp³-hybridized carbons (Fsp3) is 0.625. The molecule has 0 radical (unpaired) electrons. The first-order chi connectivity index (χ1) is 9.08. The third-order valence-corrected chi connectivity index (χ3v) is 3.83. The van der Waals surface area contributed by atoms with Gasteiger partial charge in [-0.2, -0.15) is 0 Å². The second-order valence-electron chi connectivity index (χ2n) is 5.99. The molecule has 1 aromatic rings. The summed E-state index contributed by atoms with van der Waals surface area (Å²) in [5, 5.41) is 13.7. The number of rotatable bonds is 4. The Hall–Kier alpha value is -1.06. The number of hydrogen-bond donors (Lipinski definition) is 2. The lowest BCUT2D eigenvalue weighted by Crippen LogP contribution is -2.45. The lowest BCUT2D eigenvalue weighted by Gasteiger charge is -2.36. The number of aromatic hydroxyl groups is 1. The zero-order valence-corrected chi connectivity index (χ0v) is 12.3. The fourth-order valence-corrected chi connectivity index (χ4v) is 2.85. The predicted molar refractivity (Wildman–Crippen MR) is 79.5 cm³/mol. The van der Waals surface area contributed by atoms with Gasteiger partial charge in [-0.1, -0.05) is 26.0 Å². The van der Waals surface area contributed by atoms with Gasteiger partial charge in [-0.15, -0.1) is 0 Å². The summed E-state index contributed by atoms with van der Waals surface area (Å²) in [6, 6.07) is 6.41. The number of phenolic OH excluding ortho intramolecular Hbond substituents is 1. The Morgan fingerprint density at radius 3 is 2.53 bits per heavy atom. The molecule has 19 heavy (non-hydrogen) atoms. The molecule has 0 spiro atoms. The van der Waals surface area contributed by atoms with E-state index in [1.807, 2.05) is 13.0 Å². The Labute approximate surface area is 116 Å². The van der Waals surface area contributed by atoms with Crippen LogP contribution in [0.2, 0.25) is 0 Å². The lowest BCUT2D eigenvalue weighted by atomic mass is 9.93. The van der Waals surface area contributed by atoms with Gasteiger partial charge in [-0.3, -0.25) is 4.90 Å². The van der Waals surface area contributed by atoms with Crippen LogP contribution in [0, 0.1) is 12.8 Å². The molecule has 0 bridgehead atoms. The number of aryl methyl sites for hydroxylation is 1. The van der Waals surface area contributed by atoms with E-state index in [4.69, 9.17) is 0 Å². The van der Waals surface area contributed by atoms with E-state index in [0.717, 1.165) is 43.7 Å². The first-order valence-electron chi connectivity index (χ1n) is 7.32. The normalized spacial score (nSPS) is 18.7. The Bertz CT molecular complexity index is 411. The maximum atomic E-state index is 10.3. The monoisotopic (exact) mass is 262 g/mol. The minimum atomic E-state index is 0.336.